The molecule has 0 bridgehead atoms. The van der Waals surface area contributed by atoms with E-state index in [-0.39, 0.29) is 18.3 Å². The summed E-state index contributed by atoms with van der Waals surface area (Å²) in [6.45, 7) is 6.05. The van der Waals surface area contributed by atoms with E-state index in [4.69, 9.17) is 0 Å². The van der Waals surface area contributed by atoms with E-state index in [0.717, 1.165) is 23.1 Å². The molecule has 108 valence electrons. The van der Waals surface area contributed by atoms with Crippen LogP contribution in [0, 0.1) is 17.7 Å². The summed E-state index contributed by atoms with van der Waals surface area (Å²) in [6, 6.07) is 5.03. The highest BCUT2D eigenvalue weighted by atomic mass is 79.9. The summed E-state index contributed by atoms with van der Waals surface area (Å²) < 4.78 is 14.5. The third kappa shape index (κ3) is 5.59. The van der Waals surface area contributed by atoms with Gasteiger partial charge in [-0.3, -0.25) is 0 Å². The number of rotatable bonds is 7. The molecule has 0 heterocycles. The van der Waals surface area contributed by atoms with Crippen LogP contribution in [0.15, 0.2) is 22.7 Å². The van der Waals surface area contributed by atoms with E-state index in [1.165, 1.54) is 6.07 Å². The van der Waals surface area contributed by atoms with Gasteiger partial charge in [-0.25, -0.2) is 4.39 Å². The van der Waals surface area contributed by atoms with Gasteiger partial charge in [0.05, 0.1) is 0 Å². The number of aliphatic hydroxyl groups excluding tert-OH is 1. The zero-order valence-electron chi connectivity index (χ0n) is 11.9. The predicted octanol–water partition coefficient (Wildman–Crippen LogP) is 3.33. The summed E-state index contributed by atoms with van der Waals surface area (Å²) in [5, 5.41) is 9.32. The van der Waals surface area contributed by atoms with Gasteiger partial charge in [-0.2, -0.15) is 0 Å². The number of hydrogen-bond donors (Lipinski definition) is 1. The first-order chi connectivity index (χ1) is 8.93. The first-order valence-electron chi connectivity index (χ1n) is 6.67. The maximum atomic E-state index is 13.6. The summed E-state index contributed by atoms with van der Waals surface area (Å²) in [7, 11) is 2.01. The molecule has 19 heavy (non-hydrogen) atoms. The van der Waals surface area contributed by atoms with Gasteiger partial charge in [0, 0.05) is 24.2 Å². The molecule has 1 aromatic rings. The van der Waals surface area contributed by atoms with Crippen molar-refractivity contribution in [3.63, 3.8) is 0 Å². The molecule has 0 spiro atoms. The monoisotopic (exact) mass is 331 g/mol. The van der Waals surface area contributed by atoms with Crippen LogP contribution in [0.4, 0.5) is 4.39 Å². The Hall–Kier alpha value is -0.450. The van der Waals surface area contributed by atoms with Gasteiger partial charge >= 0.3 is 0 Å². The molecular formula is C15H23BrFNO. The number of halogens is 2. The second kappa shape index (κ2) is 7.98. The highest BCUT2D eigenvalue weighted by Crippen LogP contribution is 2.17. The number of aliphatic hydroxyl groups is 1. The molecule has 1 N–H and O–H groups in total. The minimum atomic E-state index is -0.154. The molecule has 0 radical (unpaired) electrons. The summed E-state index contributed by atoms with van der Waals surface area (Å²) >= 11 is 3.36. The van der Waals surface area contributed by atoms with Gasteiger partial charge in [0.2, 0.25) is 0 Å². The zero-order chi connectivity index (χ0) is 14.4. The highest BCUT2D eigenvalue weighted by Gasteiger charge is 2.15. The fourth-order valence-corrected chi connectivity index (χ4v) is 2.43. The van der Waals surface area contributed by atoms with Gasteiger partial charge in [-0.1, -0.05) is 29.8 Å². The van der Waals surface area contributed by atoms with Crippen molar-refractivity contribution in [2.24, 2.45) is 11.8 Å². The second-order valence-electron chi connectivity index (χ2n) is 5.43. The molecule has 1 atom stereocenters. The normalized spacial score (nSPS) is 13.3. The average molecular weight is 332 g/mol. The van der Waals surface area contributed by atoms with Crippen LogP contribution >= 0.6 is 15.9 Å². The Bertz CT molecular complexity index is 398. The lowest BCUT2D eigenvalue weighted by Gasteiger charge is -2.25. The van der Waals surface area contributed by atoms with Crippen LogP contribution in [0.5, 0.6) is 0 Å². The molecule has 2 nitrogen and oxygen atoms in total. The summed E-state index contributed by atoms with van der Waals surface area (Å²) in [6.07, 6.45) is 0.679. The molecule has 0 fully saturated rings. The third-order valence-corrected chi connectivity index (χ3v) is 3.99. The Morgan fingerprint density at radius 3 is 2.63 bits per heavy atom. The van der Waals surface area contributed by atoms with E-state index in [9.17, 15) is 9.50 Å². The largest absolute Gasteiger partial charge is 0.396 e. The van der Waals surface area contributed by atoms with Crippen LogP contribution in [0.1, 0.15) is 19.4 Å². The minimum absolute atomic E-state index is 0.154. The van der Waals surface area contributed by atoms with E-state index < -0.39 is 0 Å². The second-order valence-corrected chi connectivity index (χ2v) is 6.35. The molecule has 1 rings (SSSR count). The van der Waals surface area contributed by atoms with E-state index in [0.29, 0.717) is 12.3 Å². The van der Waals surface area contributed by atoms with Gasteiger partial charge in [-0.15, -0.1) is 0 Å². The van der Waals surface area contributed by atoms with Crippen molar-refractivity contribution < 1.29 is 9.50 Å². The molecular weight excluding hydrogens is 309 g/mol. The number of hydrogen-bond acceptors (Lipinski definition) is 2. The maximum Gasteiger partial charge on any atom is 0.126 e. The van der Waals surface area contributed by atoms with Gasteiger partial charge in [0.15, 0.2) is 0 Å². The predicted molar refractivity (Wildman–Crippen MR) is 80.7 cm³/mol. The van der Waals surface area contributed by atoms with Crippen molar-refractivity contribution in [1.82, 2.24) is 4.90 Å². The van der Waals surface area contributed by atoms with Gasteiger partial charge in [0.1, 0.15) is 5.82 Å². The molecule has 1 aromatic carbocycles. The standard InChI is InChI=1S/C15H23BrFNO/c1-11(2)13(10-19)9-18(3)7-6-12-8-14(16)4-5-15(12)17/h4-5,8,11,13,19H,6-7,9-10H2,1-3H3. The first kappa shape index (κ1) is 16.6. The Kier molecular flexibility index (Phi) is 6.97. The number of benzene rings is 1. The van der Waals surface area contributed by atoms with Crippen LogP contribution in [-0.2, 0) is 6.42 Å². The van der Waals surface area contributed by atoms with E-state index in [1.807, 2.05) is 13.1 Å². The Labute approximate surface area is 123 Å². The van der Waals surface area contributed by atoms with Crippen molar-refractivity contribution in [2.75, 3.05) is 26.7 Å². The van der Waals surface area contributed by atoms with Gasteiger partial charge in [0.25, 0.3) is 0 Å². The molecule has 0 saturated heterocycles. The first-order valence-corrected chi connectivity index (χ1v) is 7.46. The molecule has 0 amide bonds. The lowest BCUT2D eigenvalue weighted by atomic mass is 9.96. The van der Waals surface area contributed by atoms with Crippen LogP contribution in [-0.4, -0.2) is 36.8 Å². The Morgan fingerprint density at radius 2 is 2.05 bits per heavy atom. The zero-order valence-corrected chi connectivity index (χ0v) is 13.5. The van der Waals surface area contributed by atoms with Gasteiger partial charge < -0.3 is 10.0 Å². The molecule has 0 aliphatic heterocycles. The quantitative estimate of drug-likeness (QED) is 0.828. The van der Waals surface area contributed by atoms with Crippen LogP contribution in [0.3, 0.4) is 0 Å². The fraction of sp³-hybridized carbons (Fsp3) is 0.600. The van der Waals surface area contributed by atoms with Crippen molar-refractivity contribution in [2.45, 2.75) is 20.3 Å². The van der Waals surface area contributed by atoms with Crippen molar-refractivity contribution >= 4 is 15.9 Å². The van der Waals surface area contributed by atoms with Crippen molar-refractivity contribution in [3.8, 4) is 0 Å². The van der Waals surface area contributed by atoms with E-state index >= 15 is 0 Å². The molecule has 0 saturated carbocycles. The Balaban J connectivity index is 2.49. The average Bonchev–Trinajstić information content (AvgIpc) is 2.36. The van der Waals surface area contributed by atoms with Crippen molar-refractivity contribution in [1.29, 1.82) is 0 Å². The van der Waals surface area contributed by atoms with E-state index in [1.54, 1.807) is 6.07 Å². The molecule has 4 heteroatoms. The van der Waals surface area contributed by atoms with Crippen molar-refractivity contribution in [3.05, 3.63) is 34.1 Å². The summed E-state index contributed by atoms with van der Waals surface area (Å²) in [5.41, 5.74) is 0.728. The SMILES string of the molecule is CC(C)C(CO)CN(C)CCc1cc(Br)ccc1F. The summed E-state index contributed by atoms with van der Waals surface area (Å²) in [5.74, 6) is 0.576. The third-order valence-electron chi connectivity index (χ3n) is 3.49. The maximum absolute atomic E-state index is 13.6. The topological polar surface area (TPSA) is 23.5 Å². The molecule has 0 aliphatic rings. The molecule has 0 aliphatic carbocycles. The fourth-order valence-electron chi connectivity index (χ4n) is 2.02. The molecule has 1 unspecified atom stereocenters. The van der Waals surface area contributed by atoms with Crippen LogP contribution in [0.2, 0.25) is 0 Å². The highest BCUT2D eigenvalue weighted by molar-refractivity contribution is 9.10. The smallest absolute Gasteiger partial charge is 0.126 e. The van der Waals surface area contributed by atoms with Crippen LogP contribution < -0.4 is 0 Å². The van der Waals surface area contributed by atoms with Crippen LogP contribution in [0.25, 0.3) is 0 Å². The number of likely N-dealkylation sites (N-methyl/N-ethyl adjacent to an activating group) is 1. The van der Waals surface area contributed by atoms with Gasteiger partial charge in [-0.05, 0) is 49.1 Å². The Morgan fingerprint density at radius 1 is 1.37 bits per heavy atom. The lowest BCUT2D eigenvalue weighted by molar-refractivity contribution is 0.147. The number of nitrogens with zero attached hydrogens (tertiary/aromatic N) is 1. The minimum Gasteiger partial charge on any atom is -0.396 e. The van der Waals surface area contributed by atoms with E-state index in [2.05, 4.69) is 34.7 Å². The lowest BCUT2D eigenvalue weighted by Crippen LogP contribution is -2.32. The molecule has 0 aromatic heterocycles. The summed E-state index contributed by atoms with van der Waals surface area (Å²) in [4.78, 5) is 2.15.